The normalized spacial score (nSPS) is 26.0. The molecule has 3 heteroatoms. The number of aliphatic hydroxyl groups excluding tert-OH is 1. The zero-order valence-corrected chi connectivity index (χ0v) is 11.4. The van der Waals surface area contributed by atoms with Crippen molar-refractivity contribution < 1.29 is 10.2 Å². The summed E-state index contributed by atoms with van der Waals surface area (Å²) < 4.78 is 0. The van der Waals surface area contributed by atoms with E-state index in [9.17, 15) is 10.2 Å². The number of anilines is 1. The summed E-state index contributed by atoms with van der Waals surface area (Å²) in [6.45, 7) is 1.63. The van der Waals surface area contributed by atoms with E-state index in [1.807, 2.05) is 18.2 Å². The van der Waals surface area contributed by atoms with Crippen LogP contribution in [0.5, 0.6) is 0 Å². The van der Waals surface area contributed by atoms with Crippen molar-refractivity contribution in [3.63, 3.8) is 0 Å². The summed E-state index contributed by atoms with van der Waals surface area (Å²) in [4.78, 5) is 2.27. The molecule has 1 unspecified atom stereocenters. The molecule has 19 heavy (non-hydrogen) atoms. The molecule has 2 N–H and O–H groups in total. The first-order valence-electron chi connectivity index (χ1n) is 7.42. The lowest BCUT2D eigenvalue weighted by Crippen LogP contribution is -2.41. The van der Waals surface area contributed by atoms with Crippen molar-refractivity contribution in [2.75, 3.05) is 18.0 Å². The summed E-state index contributed by atoms with van der Waals surface area (Å²) >= 11 is 0. The first kappa shape index (κ1) is 12.9. The average Bonchev–Trinajstić information content (AvgIpc) is 2.77. The van der Waals surface area contributed by atoms with Crippen LogP contribution in [0.4, 0.5) is 5.69 Å². The van der Waals surface area contributed by atoms with Crippen molar-refractivity contribution in [2.45, 2.75) is 50.2 Å². The molecule has 0 spiro atoms. The summed E-state index contributed by atoms with van der Waals surface area (Å²) in [5.41, 5.74) is 1.59. The Balaban J connectivity index is 1.87. The quantitative estimate of drug-likeness (QED) is 0.860. The van der Waals surface area contributed by atoms with E-state index in [0.717, 1.165) is 56.3 Å². The van der Waals surface area contributed by atoms with Gasteiger partial charge in [0.05, 0.1) is 11.7 Å². The topological polar surface area (TPSA) is 43.7 Å². The van der Waals surface area contributed by atoms with E-state index in [1.54, 1.807) is 0 Å². The third kappa shape index (κ3) is 2.63. The van der Waals surface area contributed by atoms with Gasteiger partial charge in [0, 0.05) is 24.3 Å². The molecular formula is C16H23NO2. The first-order chi connectivity index (χ1) is 9.18. The maximum Gasteiger partial charge on any atom is 0.0821 e. The number of fused-ring (bicyclic) bond motifs is 1. The number of benzene rings is 1. The third-order valence-electron chi connectivity index (χ3n) is 4.56. The smallest absolute Gasteiger partial charge is 0.0821 e. The molecule has 0 aromatic heterocycles. The van der Waals surface area contributed by atoms with E-state index < -0.39 is 5.60 Å². The predicted molar refractivity (Wildman–Crippen MR) is 76.3 cm³/mol. The Kier molecular flexibility index (Phi) is 3.50. The SMILES string of the molecule is OC1CCCN(CC2(O)CCCC2)c2ccccc21. The van der Waals surface area contributed by atoms with Crippen LogP contribution in [0.15, 0.2) is 24.3 Å². The van der Waals surface area contributed by atoms with E-state index in [0.29, 0.717) is 6.54 Å². The molecular weight excluding hydrogens is 238 g/mol. The molecule has 1 aromatic rings. The fourth-order valence-corrected chi connectivity index (χ4v) is 3.52. The van der Waals surface area contributed by atoms with E-state index in [1.165, 1.54) is 0 Å². The minimum atomic E-state index is -0.525. The largest absolute Gasteiger partial charge is 0.388 e. The lowest BCUT2D eigenvalue weighted by Gasteiger charge is -2.33. The standard InChI is InChI=1S/C16H23NO2/c18-15-8-5-11-17(12-16(19)9-3-4-10-16)14-7-2-1-6-13(14)15/h1-2,6-7,15,18-19H,3-5,8-12H2. The zero-order valence-electron chi connectivity index (χ0n) is 11.4. The van der Waals surface area contributed by atoms with Gasteiger partial charge in [-0.25, -0.2) is 0 Å². The van der Waals surface area contributed by atoms with Crippen molar-refractivity contribution in [3.05, 3.63) is 29.8 Å². The molecule has 1 fully saturated rings. The van der Waals surface area contributed by atoms with Gasteiger partial charge in [-0.15, -0.1) is 0 Å². The number of para-hydroxylation sites is 1. The van der Waals surface area contributed by atoms with E-state index in [4.69, 9.17) is 0 Å². The highest BCUT2D eigenvalue weighted by Crippen LogP contribution is 2.36. The molecule has 3 rings (SSSR count). The van der Waals surface area contributed by atoms with Crippen molar-refractivity contribution >= 4 is 5.69 Å². The van der Waals surface area contributed by atoms with Crippen LogP contribution in [0.3, 0.4) is 0 Å². The van der Waals surface area contributed by atoms with Crippen LogP contribution in [-0.2, 0) is 0 Å². The second-order valence-corrected chi connectivity index (χ2v) is 6.07. The van der Waals surface area contributed by atoms with Crippen LogP contribution >= 0.6 is 0 Å². The lowest BCUT2D eigenvalue weighted by molar-refractivity contribution is 0.0548. The number of hydrogen-bond acceptors (Lipinski definition) is 3. The first-order valence-corrected chi connectivity index (χ1v) is 7.42. The third-order valence-corrected chi connectivity index (χ3v) is 4.56. The minimum Gasteiger partial charge on any atom is -0.388 e. The molecule has 0 saturated heterocycles. The van der Waals surface area contributed by atoms with Gasteiger partial charge >= 0.3 is 0 Å². The second-order valence-electron chi connectivity index (χ2n) is 6.07. The molecule has 0 amide bonds. The van der Waals surface area contributed by atoms with Gasteiger partial charge in [-0.1, -0.05) is 31.0 Å². The summed E-state index contributed by atoms with van der Waals surface area (Å²) in [6.07, 6.45) is 5.52. The van der Waals surface area contributed by atoms with Gasteiger partial charge in [-0.05, 0) is 31.7 Å². The Labute approximate surface area is 114 Å². The molecule has 2 aliphatic rings. The monoisotopic (exact) mass is 261 g/mol. The second kappa shape index (κ2) is 5.14. The van der Waals surface area contributed by atoms with Crippen molar-refractivity contribution in [3.8, 4) is 0 Å². The molecule has 1 heterocycles. The van der Waals surface area contributed by atoms with Gasteiger partial charge in [-0.3, -0.25) is 0 Å². The maximum atomic E-state index is 10.6. The van der Waals surface area contributed by atoms with Gasteiger partial charge in [0.2, 0.25) is 0 Å². The molecule has 104 valence electrons. The minimum absolute atomic E-state index is 0.362. The molecule has 0 radical (unpaired) electrons. The molecule has 3 nitrogen and oxygen atoms in total. The van der Waals surface area contributed by atoms with Gasteiger partial charge in [0.15, 0.2) is 0 Å². The van der Waals surface area contributed by atoms with Crippen LogP contribution < -0.4 is 4.90 Å². The fourth-order valence-electron chi connectivity index (χ4n) is 3.52. The van der Waals surface area contributed by atoms with Crippen LogP contribution in [0.1, 0.15) is 50.2 Å². The summed E-state index contributed by atoms with van der Waals surface area (Å²) in [7, 11) is 0. The highest BCUT2D eigenvalue weighted by atomic mass is 16.3. The highest BCUT2D eigenvalue weighted by molar-refractivity contribution is 5.55. The molecule has 1 aliphatic heterocycles. The molecule has 1 aromatic carbocycles. The summed E-state index contributed by atoms with van der Waals surface area (Å²) in [6, 6.07) is 8.08. The number of β-amino-alcohol motifs (C(OH)–C–C–N with tert-alkyl or cyclic N) is 1. The van der Waals surface area contributed by atoms with E-state index in [-0.39, 0.29) is 6.10 Å². The van der Waals surface area contributed by atoms with Crippen molar-refractivity contribution in [1.82, 2.24) is 0 Å². The van der Waals surface area contributed by atoms with Gasteiger partial charge in [0.25, 0.3) is 0 Å². The van der Waals surface area contributed by atoms with Crippen molar-refractivity contribution in [1.29, 1.82) is 0 Å². The van der Waals surface area contributed by atoms with Gasteiger partial charge < -0.3 is 15.1 Å². The Morgan fingerprint density at radius 1 is 1.16 bits per heavy atom. The number of hydrogen-bond donors (Lipinski definition) is 2. The molecule has 1 aliphatic carbocycles. The van der Waals surface area contributed by atoms with E-state index in [2.05, 4.69) is 11.0 Å². The van der Waals surface area contributed by atoms with Crippen LogP contribution in [0.2, 0.25) is 0 Å². The fraction of sp³-hybridized carbons (Fsp3) is 0.625. The van der Waals surface area contributed by atoms with Crippen LogP contribution in [0, 0.1) is 0 Å². The Bertz CT molecular complexity index is 440. The van der Waals surface area contributed by atoms with Gasteiger partial charge in [0.1, 0.15) is 0 Å². The van der Waals surface area contributed by atoms with Gasteiger partial charge in [-0.2, -0.15) is 0 Å². The van der Waals surface area contributed by atoms with E-state index >= 15 is 0 Å². The zero-order chi connectivity index (χ0) is 13.3. The Morgan fingerprint density at radius 3 is 2.68 bits per heavy atom. The average molecular weight is 261 g/mol. The molecule has 1 saturated carbocycles. The Hall–Kier alpha value is -1.06. The van der Waals surface area contributed by atoms with Crippen molar-refractivity contribution in [2.24, 2.45) is 0 Å². The number of nitrogens with zero attached hydrogens (tertiary/aromatic N) is 1. The highest BCUT2D eigenvalue weighted by Gasteiger charge is 2.34. The summed E-state index contributed by atoms with van der Waals surface area (Å²) in [5, 5.41) is 20.8. The van der Waals surface area contributed by atoms with Crippen LogP contribution in [0.25, 0.3) is 0 Å². The lowest BCUT2D eigenvalue weighted by atomic mass is 10.0. The number of aliphatic hydroxyl groups is 2. The summed E-state index contributed by atoms with van der Waals surface area (Å²) in [5.74, 6) is 0. The predicted octanol–water partition coefficient (Wildman–Crippen LogP) is 2.63. The molecule has 1 atom stereocenters. The number of rotatable bonds is 2. The molecule has 0 bridgehead atoms. The van der Waals surface area contributed by atoms with Crippen LogP contribution in [-0.4, -0.2) is 28.9 Å². The maximum absolute atomic E-state index is 10.6. The Morgan fingerprint density at radius 2 is 1.89 bits per heavy atom.